The molecule has 174 valence electrons. The molecule has 1 aromatic carbocycles. The van der Waals surface area contributed by atoms with Gasteiger partial charge in [-0.25, -0.2) is 0 Å². The van der Waals surface area contributed by atoms with E-state index < -0.39 is 0 Å². The number of hydrogen-bond donors (Lipinski definition) is 1. The third kappa shape index (κ3) is 3.49. The highest BCUT2D eigenvalue weighted by molar-refractivity contribution is 5.79. The van der Waals surface area contributed by atoms with E-state index in [1.165, 1.54) is 24.0 Å². The average molecular weight is 443 g/mol. The molecule has 0 aliphatic heterocycles. The highest BCUT2D eigenvalue weighted by Gasteiger charge is 2.61. The summed E-state index contributed by atoms with van der Waals surface area (Å²) in [6.45, 7) is 4.83. The highest BCUT2D eigenvalue weighted by atomic mass is 16.1. The quantitative estimate of drug-likeness (QED) is 0.575. The van der Waals surface area contributed by atoms with Crippen molar-refractivity contribution in [2.45, 2.75) is 71.1 Å². The van der Waals surface area contributed by atoms with Crippen molar-refractivity contribution in [3.05, 3.63) is 59.2 Å². The van der Waals surface area contributed by atoms with Gasteiger partial charge < -0.3 is 5.32 Å². The predicted molar refractivity (Wildman–Crippen MR) is 132 cm³/mol. The second kappa shape index (κ2) is 8.46. The second-order valence-electron chi connectivity index (χ2n) is 11.5. The van der Waals surface area contributed by atoms with Gasteiger partial charge in [0.15, 0.2) is 0 Å². The molecule has 0 aromatic heterocycles. The lowest BCUT2D eigenvalue weighted by Gasteiger charge is -2.58. The van der Waals surface area contributed by atoms with Gasteiger partial charge in [0, 0.05) is 18.5 Å². The molecule has 0 bridgehead atoms. The van der Waals surface area contributed by atoms with E-state index in [9.17, 15) is 10.1 Å². The van der Waals surface area contributed by atoms with Crippen molar-refractivity contribution in [3.8, 4) is 6.07 Å². The van der Waals surface area contributed by atoms with Gasteiger partial charge in [0.2, 0.25) is 5.91 Å². The fourth-order valence-corrected chi connectivity index (χ4v) is 8.66. The van der Waals surface area contributed by atoms with Crippen molar-refractivity contribution in [2.75, 3.05) is 7.05 Å². The molecule has 0 heterocycles. The van der Waals surface area contributed by atoms with Crippen molar-refractivity contribution >= 4 is 5.91 Å². The molecule has 0 spiro atoms. The Morgan fingerprint density at radius 1 is 1.18 bits per heavy atom. The zero-order valence-corrected chi connectivity index (χ0v) is 20.4. The van der Waals surface area contributed by atoms with Crippen LogP contribution in [0, 0.1) is 45.8 Å². The Bertz CT molecular complexity index is 1020. The molecule has 1 aromatic rings. The molecule has 7 atom stereocenters. The first-order chi connectivity index (χ1) is 15.9. The number of hydrogen-bond acceptors (Lipinski definition) is 2. The van der Waals surface area contributed by atoms with E-state index in [-0.39, 0.29) is 22.7 Å². The summed E-state index contributed by atoms with van der Waals surface area (Å²) in [4.78, 5) is 13.2. The maximum absolute atomic E-state index is 13.2. The molecular formula is C30H38N2O. The molecule has 2 saturated carbocycles. The molecule has 1 N–H and O–H groups in total. The Labute approximate surface area is 199 Å². The molecule has 0 radical (unpaired) electrons. The number of benzene rings is 1. The van der Waals surface area contributed by atoms with Crippen LogP contribution in [0.2, 0.25) is 0 Å². The Kier molecular flexibility index (Phi) is 5.76. The summed E-state index contributed by atoms with van der Waals surface area (Å²) < 4.78 is 0. The van der Waals surface area contributed by atoms with Crippen molar-refractivity contribution in [1.29, 1.82) is 5.26 Å². The van der Waals surface area contributed by atoms with Crippen LogP contribution in [-0.4, -0.2) is 13.0 Å². The zero-order valence-electron chi connectivity index (χ0n) is 20.4. The Morgan fingerprint density at radius 3 is 2.70 bits per heavy atom. The number of carbonyl (C=O) groups excluding carboxylic acids is 1. The predicted octanol–water partition coefficient (Wildman–Crippen LogP) is 6.55. The minimum absolute atomic E-state index is 0.0978. The molecule has 1 amide bonds. The molecule has 5 rings (SSSR count). The zero-order chi connectivity index (χ0) is 23.2. The van der Waals surface area contributed by atoms with Crippen LogP contribution < -0.4 is 5.32 Å². The minimum atomic E-state index is 0.0978. The van der Waals surface area contributed by atoms with Gasteiger partial charge in [-0.15, -0.1) is 0 Å². The van der Waals surface area contributed by atoms with E-state index in [2.05, 4.69) is 67.7 Å². The minimum Gasteiger partial charge on any atom is -0.359 e. The van der Waals surface area contributed by atoms with Crippen LogP contribution in [0.1, 0.15) is 76.7 Å². The van der Waals surface area contributed by atoms with Crippen LogP contribution in [0.4, 0.5) is 0 Å². The number of nitrogens with one attached hydrogen (secondary N) is 1. The molecule has 3 nitrogen and oxygen atoms in total. The molecule has 3 heteroatoms. The largest absolute Gasteiger partial charge is 0.359 e. The first-order valence-corrected chi connectivity index (χ1v) is 13.0. The summed E-state index contributed by atoms with van der Waals surface area (Å²) in [7, 11) is 1.81. The van der Waals surface area contributed by atoms with E-state index in [1.54, 1.807) is 0 Å². The van der Waals surface area contributed by atoms with Crippen LogP contribution >= 0.6 is 0 Å². The van der Waals surface area contributed by atoms with E-state index in [1.807, 2.05) is 7.05 Å². The third-order valence-corrected chi connectivity index (χ3v) is 10.2. The number of carbonyl (C=O) groups is 1. The van der Waals surface area contributed by atoms with Crippen LogP contribution in [0.15, 0.2) is 53.6 Å². The first kappa shape index (κ1) is 22.5. The maximum Gasteiger partial charge on any atom is 0.223 e. The molecule has 33 heavy (non-hydrogen) atoms. The first-order valence-electron chi connectivity index (χ1n) is 13.0. The summed E-state index contributed by atoms with van der Waals surface area (Å²) in [5.41, 5.74) is 4.04. The molecule has 0 saturated heterocycles. The van der Waals surface area contributed by atoms with Crippen molar-refractivity contribution in [1.82, 2.24) is 5.32 Å². The second-order valence-corrected chi connectivity index (χ2v) is 11.5. The van der Waals surface area contributed by atoms with Gasteiger partial charge >= 0.3 is 0 Å². The Hall–Kier alpha value is -2.34. The normalized spacial score (nSPS) is 38.0. The maximum atomic E-state index is 13.2. The van der Waals surface area contributed by atoms with Crippen LogP contribution in [-0.2, 0) is 4.79 Å². The Morgan fingerprint density at radius 2 is 1.97 bits per heavy atom. The highest BCUT2D eigenvalue weighted by Crippen LogP contribution is 2.68. The van der Waals surface area contributed by atoms with Gasteiger partial charge in [0.25, 0.3) is 0 Å². The number of rotatable bonds is 4. The lowest BCUT2D eigenvalue weighted by molar-refractivity contribution is -0.133. The standard InChI is InChI=1S/C30H38N2O/c1-20(22-7-5-4-6-8-22)18-30-16-14-25-24(26(30)11-12-27(30)28(33)32-3)10-9-23-17-21(19-31)13-15-29(23,25)2/h4-9,17,20,24-27H,10-16,18H2,1-3H3,(H,32,33)/t20?,24-,25+,26+,27-,29+,30-/m1/s1. The van der Waals surface area contributed by atoms with E-state index >= 15 is 0 Å². The fraction of sp³-hybridized carbons (Fsp3) is 0.600. The monoisotopic (exact) mass is 442 g/mol. The van der Waals surface area contributed by atoms with Crippen molar-refractivity contribution < 1.29 is 4.79 Å². The summed E-state index contributed by atoms with van der Waals surface area (Å²) >= 11 is 0. The SMILES string of the molecule is CNC(=O)[C@H]1CC[C@H]2[C@@H]3CC=C4C=C(C#N)CC[C@]4(C)[C@H]3CC[C@]12CC(C)c1ccccc1. The number of amides is 1. The molecule has 4 aliphatic rings. The summed E-state index contributed by atoms with van der Waals surface area (Å²) in [5, 5.41) is 12.5. The topological polar surface area (TPSA) is 52.9 Å². The number of nitrogens with zero attached hydrogens (tertiary/aromatic N) is 1. The van der Waals surface area contributed by atoms with Gasteiger partial charge in [0.05, 0.1) is 6.07 Å². The van der Waals surface area contributed by atoms with Gasteiger partial charge in [-0.05, 0) is 103 Å². The van der Waals surface area contributed by atoms with E-state index in [4.69, 9.17) is 0 Å². The third-order valence-electron chi connectivity index (χ3n) is 10.2. The summed E-state index contributed by atoms with van der Waals surface area (Å²) in [6, 6.07) is 13.3. The smallest absolute Gasteiger partial charge is 0.223 e. The number of fused-ring (bicyclic) bond motifs is 5. The van der Waals surface area contributed by atoms with Gasteiger partial charge in [-0.3, -0.25) is 4.79 Å². The number of nitriles is 1. The van der Waals surface area contributed by atoms with Crippen molar-refractivity contribution in [3.63, 3.8) is 0 Å². The van der Waals surface area contributed by atoms with Gasteiger partial charge in [-0.1, -0.05) is 50.3 Å². The fourth-order valence-electron chi connectivity index (χ4n) is 8.66. The summed E-state index contributed by atoms with van der Waals surface area (Å²) in [6.07, 6.45) is 13.5. The lowest BCUT2D eigenvalue weighted by Crippen LogP contribution is -2.52. The van der Waals surface area contributed by atoms with Crippen LogP contribution in [0.3, 0.4) is 0 Å². The van der Waals surface area contributed by atoms with Crippen LogP contribution in [0.5, 0.6) is 0 Å². The molecule has 4 aliphatic carbocycles. The van der Waals surface area contributed by atoms with E-state index in [0.29, 0.717) is 23.7 Å². The molecular weight excluding hydrogens is 404 g/mol. The molecule has 2 fully saturated rings. The number of allylic oxidation sites excluding steroid dienone is 4. The lowest BCUT2D eigenvalue weighted by atomic mass is 9.46. The van der Waals surface area contributed by atoms with E-state index in [0.717, 1.165) is 44.1 Å². The average Bonchev–Trinajstić information content (AvgIpc) is 3.22. The van der Waals surface area contributed by atoms with Gasteiger partial charge in [-0.2, -0.15) is 5.26 Å². The van der Waals surface area contributed by atoms with Crippen LogP contribution in [0.25, 0.3) is 0 Å². The molecule has 1 unspecified atom stereocenters. The van der Waals surface area contributed by atoms with Gasteiger partial charge in [0.1, 0.15) is 0 Å². The Balaban J connectivity index is 1.50. The summed E-state index contributed by atoms with van der Waals surface area (Å²) in [5.74, 6) is 2.78. The van der Waals surface area contributed by atoms with Crippen molar-refractivity contribution in [2.24, 2.45) is 34.5 Å².